The van der Waals surface area contributed by atoms with Gasteiger partial charge in [0.15, 0.2) is 5.96 Å². The number of benzene rings is 1. The van der Waals surface area contributed by atoms with Gasteiger partial charge in [-0.25, -0.2) is 0 Å². The topological polar surface area (TPSA) is 68.2 Å². The molecule has 5 nitrogen and oxygen atoms in total. The number of aliphatic imine (C=N–C) groups is 1. The van der Waals surface area contributed by atoms with Crippen LogP contribution in [0, 0.1) is 6.92 Å². The van der Waals surface area contributed by atoms with E-state index in [-0.39, 0.29) is 0 Å². The van der Waals surface area contributed by atoms with Gasteiger partial charge in [0.05, 0.1) is 0 Å². The molecule has 0 aliphatic heterocycles. The van der Waals surface area contributed by atoms with E-state index in [2.05, 4.69) is 22.3 Å². The zero-order chi connectivity index (χ0) is 13.5. The van der Waals surface area contributed by atoms with Crippen LogP contribution in [0.1, 0.15) is 12.0 Å². The Bertz CT molecular complexity index is 513. The van der Waals surface area contributed by atoms with E-state index in [1.54, 1.807) is 6.20 Å². The molecule has 0 aliphatic carbocycles. The molecule has 2 rings (SSSR count). The number of nitrogens with zero attached hydrogens (tertiary/aromatic N) is 3. The summed E-state index contributed by atoms with van der Waals surface area (Å²) in [5, 5.41) is 7.20. The number of hydrogen-bond acceptors (Lipinski definition) is 2. The number of anilines is 1. The fraction of sp³-hybridized carbons (Fsp3) is 0.286. The summed E-state index contributed by atoms with van der Waals surface area (Å²) in [6.45, 7) is 3.59. The number of aryl methyl sites for hydroxylation is 2. The summed E-state index contributed by atoms with van der Waals surface area (Å²) in [5.41, 5.74) is 8.00. The van der Waals surface area contributed by atoms with Gasteiger partial charge in [-0.3, -0.25) is 9.67 Å². The average Bonchev–Trinajstić information content (AvgIpc) is 2.91. The standard InChI is InChI=1S/C14H19N5/c1-12-4-6-13(7-5-12)18-14(15)16-8-2-10-19-11-3-9-17-19/h3-7,9,11H,2,8,10H2,1H3,(H3,15,16,18). The molecule has 0 spiro atoms. The van der Waals surface area contributed by atoms with E-state index < -0.39 is 0 Å². The maximum Gasteiger partial charge on any atom is 0.193 e. The second-order valence-corrected chi connectivity index (χ2v) is 4.38. The van der Waals surface area contributed by atoms with Crippen LogP contribution in [0.3, 0.4) is 0 Å². The fourth-order valence-corrected chi connectivity index (χ4v) is 1.69. The van der Waals surface area contributed by atoms with Crippen molar-refractivity contribution in [1.29, 1.82) is 0 Å². The summed E-state index contributed by atoms with van der Waals surface area (Å²) < 4.78 is 1.89. The minimum absolute atomic E-state index is 0.448. The Hall–Kier alpha value is -2.30. The molecular weight excluding hydrogens is 238 g/mol. The highest BCUT2D eigenvalue weighted by Gasteiger charge is 1.95. The molecule has 0 unspecified atom stereocenters. The lowest BCUT2D eigenvalue weighted by atomic mass is 10.2. The molecule has 3 N–H and O–H groups in total. The second-order valence-electron chi connectivity index (χ2n) is 4.38. The molecular formula is C14H19N5. The maximum absolute atomic E-state index is 5.82. The van der Waals surface area contributed by atoms with E-state index in [1.807, 2.05) is 41.2 Å². The van der Waals surface area contributed by atoms with Crippen molar-refractivity contribution in [1.82, 2.24) is 9.78 Å². The third kappa shape index (κ3) is 4.46. The lowest BCUT2D eigenvalue weighted by Crippen LogP contribution is -2.23. The fourth-order valence-electron chi connectivity index (χ4n) is 1.69. The van der Waals surface area contributed by atoms with Gasteiger partial charge in [-0.15, -0.1) is 0 Å². The van der Waals surface area contributed by atoms with Gasteiger partial charge in [0.1, 0.15) is 0 Å². The van der Waals surface area contributed by atoms with Gasteiger partial charge in [0.2, 0.25) is 0 Å². The van der Waals surface area contributed by atoms with E-state index >= 15 is 0 Å². The van der Waals surface area contributed by atoms with Crippen LogP contribution in [0.25, 0.3) is 0 Å². The molecule has 0 atom stereocenters. The number of rotatable bonds is 5. The molecule has 0 aliphatic rings. The molecule has 0 saturated carbocycles. The Balaban J connectivity index is 1.74. The summed E-state index contributed by atoms with van der Waals surface area (Å²) >= 11 is 0. The molecule has 19 heavy (non-hydrogen) atoms. The Kier molecular flexibility index (Phi) is 4.55. The molecule has 1 aromatic carbocycles. The molecule has 0 bridgehead atoms. The molecule has 1 aromatic heterocycles. The molecule has 0 radical (unpaired) electrons. The van der Waals surface area contributed by atoms with Gasteiger partial charge in [-0.05, 0) is 31.5 Å². The molecule has 0 amide bonds. The molecule has 0 fully saturated rings. The highest BCUT2D eigenvalue weighted by Crippen LogP contribution is 2.07. The van der Waals surface area contributed by atoms with Crippen molar-refractivity contribution in [3.63, 3.8) is 0 Å². The quantitative estimate of drug-likeness (QED) is 0.489. The van der Waals surface area contributed by atoms with Crippen LogP contribution < -0.4 is 11.1 Å². The monoisotopic (exact) mass is 257 g/mol. The minimum Gasteiger partial charge on any atom is -0.370 e. The van der Waals surface area contributed by atoms with E-state index in [9.17, 15) is 0 Å². The minimum atomic E-state index is 0.448. The van der Waals surface area contributed by atoms with Gasteiger partial charge >= 0.3 is 0 Å². The normalized spacial score (nSPS) is 11.5. The van der Waals surface area contributed by atoms with Gasteiger partial charge in [0, 0.05) is 31.2 Å². The zero-order valence-electron chi connectivity index (χ0n) is 11.1. The van der Waals surface area contributed by atoms with Crippen LogP contribution >= 0.6 is 0 Å². The number of hydrogen-bond donors (Lipinski definition) is 2. The lowest BCUT2D eigenvalue weighted by molar-refractivity contribution is 0.585. The van der Waals surface area contributed by atoms with Crippen molar-refractivity contribution < 1.29 is 0 Å². The van der Waals surface area contributed by atoms with Crippen LogP contribution in [-0.4, -0.2) is 22.3 Å². The van der Waals surface area contributed by atoms with Crippen molar-refractivity contribution >= 4 is 11.6 Å². The van der Waals surface area contributed by atoms with E-state index in [0.717, 1.165) is 18.7 Å². The van der Waals surface area contributed by atoms with Gasteiger partial charge in [-0.2, -0.15) is 5.10 Å². The molecule has 0 saturated heterocycles. The molecule has 5 heteroatoms. The number of guanidine groups is 1. The Morgan fingerprint density at radius 2 is 2.16 bits per heavy atom. The smallest absolute Gasteiger partial charge is 0.193 e. The second kappa shape index (κ2) is 6.58. The largest absolute Gasteiger partial charge is 0.370 e. The Labute approximate surface area is 113 Å². The highest BCUT2D eigenvalue weighted by molar-refractivity contribution is 5.92. The average molecular weight is 257 g/mol. The van der Waals surface area contributed by atoms with E-state index in [1.165, 1.54) is 5.56 Å². The zero-order valence-corrected chi connectivity index (χ0v) is 11.1. The van der Waals surface area contributed by atoms with Gasteiger partial charge in [0.25, 0.3) is 0 Å². The first kappa shape index (κ1) is 13.1. The summed E-state index contributed by atoms with van der Waals surface area (Å²) in [5.74, 6) is 0.448. The van der Waals surface area contributed by atoms with Crippen LogP contribution in [0.4, 0.5) is 5.69 Å². The first-order chi connectivity index (χ1) is 9.24. The van der Waals surface area contributed by atoms with Crippen molar-refractivity contribution in [3.05, 3.63) is 48.3 Å². The Morgan fingerprint density at radius 3 is 2.84 bits per heavy atom. The maximum atomic E-state index is 5.82. The predicted octanol–water partition coefficient (Wildman–Crippen LogP) is 2.01. The first-order valence-electron chi connectivity index (χ1n) is 6.35. The molecule has 1 heterocycles. The third-order valence-corrected chi connectivity index (χ3v) is 2.71. The summed E-state index contributed by atoms with van der Waals surface area (Å²) in [7, 11) is 0. The third-order valence-electron chi connectivity index (χ3n) is 2.71. The highest BCUT2D eigenvalue weighted by atomic mass is 15.3. The Morgan fingerprint density at radius 1 is 1.37 bits per heavy atom. The number of aromatic nitrogens is 2. The van der Waals surface area contributed by atoms with E-state index in [4.69, 9.17) is 5.73 Å². The first-order valence-corrected chi connectivity index (χ1v) is 6.35. The van der Waals surface area contributed by atoms with Crippen LogP contribution in [0.2, 0.25) is 0 Å². The van der Waals surface area contributed by atoms with Crippen molar-refractivity contribution in [2.75, 3.05) is 11.9 Å². The van der Waals surface area contributed by atoms with E-state index in [0.29, 0.717) is 12.5 Å². The molecule has 100 valence electrons. The summed E-state index contributed by atoms with van der Waals surface area (Å²) in [6.07, 6.45) is 4.63. The number of nitrogens with two attached hydrogens (primary N) is 1. The van der Waals surface area contributed by atoms with Crippen molar-refractivity contribution in [2.45, 2.75) is 19.9 Å². The molecule has 2 aromatic rings. The van der Waals surface area contributed by atoms with Crippen LogP contribution in [-0.2, 0) is 6.54 Å². The summed E-state index contributed by atoms with van der Waals surface area (Å²) in [6, 6.07) is 9.96. The van der Waals surface area contributed by atoms with Crippen LogP contribution in [0.5, 0.6) is 0 Å². The summed E-state index contributed by atoms with van der Waals surface area (Å²) in [4.78, 5) is 4.28. The van der Waals surface area contributed by atoms with Crippen molar-refractivity contribution in [3.8, 4) is 0 Å². The van der Waals surface area contributed by atoms with Crippen LogP contribution in [0.15, 0.2) is 47.7 Å². The predicted molar refractivity (Wildman–Crippen MR) is 78.1 cm³/mol. The lowest BCUT2D eigenvalue weighted by Gasteiger charge is -2.06. The van der Waals surface area contributed by atoms with Gasteiger partial charge in [-0.1, -0.05) is 17.7 Å². The van der Waals surface area contributed by atoms with Crippen molar-refractivity contribution in [2.24, 2.45) is 10.7 Å². The number of nitrogens with one attached hydrogen (secondary N) is 1. The SMILES string of the molecule is Cc1ccc(NC(N)=NCCCn2cccn2)cc1. The van der Waals surface area contributed by atoms with Gasteiger partial charge < -0.3 is 11.1 Å².